The molecule has 0 aromatic carbocycles. The third-order valence-corrected chi connectivity index (χ3v) is 3.38. The van der Waals surface area contributed by atoms with Crippen LogP contribution in [0.3, 0.4) is 0 Å². The fraction of sp³-hybridized carbons (Fsp3) is 1.00. The van der Waals surface area contributed by atoms with Crippen LogP contribution in [0.5, 0.6) is 0 Å². The number of nitrogens with two attached hydrogens (primary N) is 1. The molecule has 0 saturated heterocycles. The molecule has 0 bridgehead atoms. The van der Waals surface area contributed by atoms with Crippen molar-refractivity contribution >= 4 is 7.12 Å². The molecule has 88 valence electrons. The van der Waals surface area contributed by atoms with Crippen molar-refractivity contribution in [3.63, 3.8) is 0 Å². The molecule has 0 aliphatic heterocycles. The lowest BCUT2D eigenvalue weighted by atomic mass is 9.74. The van der Waals surface area contributed by atoms with Gasteiger partial charge in [-0.25, -0.2) is 0 Å². The Bertz CT molecular complexity index is 175. The molecule has 1 saturated carbocycles. The van der Waals surface area contributed by atoms with Gasteiger partial charge in [-0.15, -0.1) is 0 Å². The van der Waals surface area contributed by atoms with Crippen LogP contribution in [-0.2, 0) is 0 Å². The van der Waals surface area contributed by atoms with E-state index in [9.17, 15) is 0 Å². The summed E-state index contributed by atoms with van der Waals surface area (Å²) in [6.45, 7) is 0. The number of nitrogens with one attached hydrogen (secondary N) is 1. The highest BCUT2D eigenvalue weighted by atomic mass is 16.4. The van der Waals surface area contributed by atoms with Gasteiger partial charge in [0.05, 0.1) is 0 Å². The normalized spacial score (nSPS) is 27.2. The maximum Gasteiger partial charge on any atom is 0.451 e. The first-order valence-electron chi connectivity index (χ1n) is 5.92. The van der Waals surface area contributed by atoms with Crippen LogP contribution >= 0.6 is 0 Å². The summed E-state index contributed by atoms with van der Waals surface area (Å²) in [4.78, 5) is 0. The van der Waals surface area contributed by atoms with Crippen molar-refractivity contribution in [2.24, 2.45) is 11.7 Å². The lowest BCUT2D eigenvalue weighted by Gasteiger charge is -2.38. The lowest BCUT2D eigenvalue weighted by molar-refractivity contribution is 0.193. The topological polar surface area (TPSA) is 78.5 Å². The van der Waals surface area contributed by atoms with E-state index < -0.39 is 7.12 Å². The number of hydrogen-bond donors (Lipinski definition) is 4. The molecule has 0 unspecified atom stereocenters. The zero-order valence-corrected chi connectivity index (χ0v) is 9.52. The third kappa shape index (κ3) is 4.51. The second kappa shape index (κ2) is 6.48. The Morgan fingerprint density at radius 3 is 2.53 bits per heavy atom. The van der Waals surface area contributed by atoms with Gasteiger partial charge in [-0.05, 0) is 38.5 Å². The zero-order chi connectivity index (χ0) is 11.3. The summed E-state index contributed by atoms with van der Waals surface area (Å²) < 4.78 is 0. The smallest absolute Gasteiger partial charge is 0.427 e. The van der Waals surface area contributed by atoms with Gasteiger partial charge in [-0.1, -0.05) is 12.8 Å². The first-order valence-corrected chi connectivity index (χ1v) is 5.92. The standard InChI is InChI=1S/C10H23BN2O2/c1-13-10(8-6-9(12)7-8)4-2-3-5-11(14)15/h8-10,13-15H,2-7,12H2,1H3/t8?,9?,10-/m1/s1. The van der Waals surface area contributed by atoms with Gasteiger partial charge in [-0.3, -0.25) is 0 Å². The summed E-state index contributed by atoms with van der Waals surface area (Å²) in [5.74, 6) is 0.726. The highest BCUT2D eigenvalue weighted by Crippen LogP contribution is 2.30. The molecule has 0 aromatic rings. The molecule has 5 N–H and O–H groups in total. The van der Waals surface area contributed by atoms with Gasteiger partial charge in [-0.2, -0.15) is 0 Å². The summed E-state index contributed by atoms with van der Waals surface area (Å²) in [7, 11) is 0.852. The molecular formula is C10H23BN2O2. The van der Waals surface area contributed by atoms with Gasteiger partial charge < -0.3 is 21.1 Å². The summed E-state index contributed by atoms with van der Waals surface area (Å²) in [6, 6.07) is 0.964. The van der Waals surface area contributed by atoms with Crippen LogP contribution in [0.25, 0.3) is 0 Å². The van der Waals surface area contributed by atoms with E-state index in [0.29, 0.717) is 18.4 Å². The maximum atomic E-state index is 8.70. The Hall–Kier alpha value is -0.0951. The van der Waals surface area contributed by atoms with E-state index >= 15 is 0 Å². The molecule has 0 amide bonds. The van der Waals surface area contributed by atoms with Crippen LogP contribution in [0.1, 0.15) is 32.1 Å². The molecule has 1 aliphatic rings. The maximum absolute atomic E-state index is 8.70. The SMILES string of the molecule is CN[C@H](CCCCB(O)O)C1CC(N)C1. The molecule has 0 spiro atoms. The van der Waals surface area contributed by atoms with Crippen molar-refractivity contribution in [1.82, 2.24) is 5.32 Å². The lowest BCUT2D eigenvalue weighted by Crippen LogP contribution is -2.46. The van der Waals surface area contributed by atoms with Crippen molar-refractivity contribution in [3.8, 4) is 0 Å². The van der Waals surface area contributed by atoms with Gasteiger partial charge in [0.25, 0.3) is 0 Å². The average molecular weight is 214 g/mol. The minimum Gasteiger partial charge on any atom is -0.427 e. The van der Waals surface area contributed by atoms with Gasteiger partial charge in [0.2, 0.25) is 0 Å². The second-order valence-corrected chi connectivity index (χ2v) is 4.65. The van der Waals surface area contributed by atoms with E-state index in [4.69, 9.17) is 15.8 Å². The van der Waals surface area contributed by atoms with Gasteiger partial charge in [0, 0.05) is 12.1 Å². The quantitative estimate of drug-likeness (QED) is 0.354. The van der Waals surface area contributed by atoms with Crippen LogP contribution in [0.15, 0.2) is 0 Å². The molecule has 0 heterocycles. The fourth-order valence-corrected chi connectivity index (χ4v) is 2.34. The highest BCUT2D eigenvalue weighted by molar-refractivity contribution is 6.40. The monoisotopic (exact) mass is 214 g/mol. The molecule has 0 aromatic heterocycles. The molecule has 1 fully saturated rings. The second-order valence-electron chi connectivity index (χ2n) is 4.65. The number of rotatable bonds is 7. The molecule has 15 heavy (non-hydrogen) atoms. The van der Waals surface area contributed by atoms with Crippen LogP contribution < -0.4 is 11.1 Å². The van der Waals surface area contributed by atoms with E-state index in [1.54, 1.807) is 0 Å². The van der Waals surface area contributed by atoms with Crippen molar-refractivity contribution in [3.05, 3.63) is 0 Å². The van der Waals surface area contributed by atoms with Crippen molar-refractivity contribution in [2.45, 2.75) is 50.5 Å². The number of unbranched alkanes of at least 4 members (excludes halogenated alkanes) is 1. The van der Waals surface area contributed by atoms with E-state index in [1.165, 1.54) is 0 Å². The Kier molecular flexibility index (Phi) is 5.60. The van der Waals surface area contributed by atoms with Crippen LogP contribution in [0.4, 0.5) is 0 Å². The Morgan fingerprint density at radius 1 is 1.40 bits per heavy atom. The van der Waals surface area contributed by atoms with E-state index in [-0.39, 0.29) is 0 Å². The third-order valence-electron chi connectivity index (χ3n) is 3.38. The minimum absolute atomic E-state index is 0.408. The van der Waals surface area contributed by atoms with Gasteiger partial charge >= 0.3 is 7.12 Å². The zero-order valence-electron chi connectivity index (χ0n) is 9.52. The Balaban J connectivity index is 2.06. The minimum atomic E-state index is -1.14. The number of hydrogen-bond acceptors (Lipinski definition) is 4. The summed E-state index contributed by atoms with van der Waals surface area (Å²) in [6.07, 6.45) is 5.80. The van der Waals surface area contributed by atoms with Crippen LogP contribution in [-0.4, -0.2) is 36.3 Å². The van der Waals surface area contributed by atoms with E-state index in [2.05, 4.69) is 5.32 Å². The predicted molar refractivity (Wildman–Crippen MR) is 62.4 cm³/mol. The van der Waals surface area contributed by atoms with Crippen molar-refractivity contribution in [2.75, 3.05) is 7.05 Å². The van der Waals surface area contributed by atoms with E-state index in [1.807, 2.05) is 7.05 Å². The summed E-state index contributed by atoms with van der Waals surface area (Å²) in [5, 5.41) is 20.7. The summed E-state index contributed by atoms with van der Waals surface area (Å²) >= 11 is 0. The largest absolute Gasteiger partial charge is 0.451 e. The van der Waals surface area contributed by atoms with Gasteiger partial charge in [0.1, 0.15) is 0 Å². The van der Waals surface area contributed by atoms with Crippen molar-refractivity contribution < 1.29 is 10.0 Å². The first kappa shape index (κ1) is 13.0. The van der Waals surface area contributed by atoms with E-state index in [0.717, 1.165) is 38.0 Å². The molecule has 4 nitrogen and oxygen atoms in total. The Labute approximate surface area is 92.4 Å². The van der Waals surface area contributed by atoms with Crippen LogP contribution in [0.2, 0.25) is 6.32 Å². The Morgan fingerprint density at radius 2 is 2.07 bits per heavy atom. The molecular weight excluding hydrogens is 191 g/mol. The molecule has 1 aliphatic carbocycles. The van der Waals surface area contributed by atoms with Crippen LogP contribution in [0, 0.1) is 5.92 Å². The van der Waals surface area contributed by atoms with Gasteiger partial charge in [0.15, 0.2) is 0 Å². The molecule has 5 heteroatoms. The van der Waals surface area contributed by atoms with Crippen molar-refractivity contribution in [1.29, 1.82) is 0 Å². The molecule has 0 radical (unpaired) electrons. The summed E-state index contributed by atoms with van der Waals surface area (Å²) in [5.41, 5.74) is 5.76. The predicted octanol–water partition coefficient (Wildman–Crippen LogP) is -0.0452. The molecule has 1 rings (SSSR count). The molecule has 1 atom stereocenters. The first-order chi connectivity index (χ1) is 7.13. The fourth-order valence-electron chi connectivity index (χ4n) is 2.34. The average Bonchev–Trinajstić information content (AvgIpc) is 2.14. The highest BCUT2D eigenvalue weighted by Gasteiger charge is 2.31.